The molecule has 19 heavy (non-hydrogen) atoms. The van der Waals surface area contributed by atoms with Gasteiger partial charge in [-0.3, -0.25) is 4.90 Å². The zero-order valence-corrected chi connectivity index (χ0v) is 11.0. The first-order valence-corrected chi connectivity index (χ1v) is 7.03. The minimum Gasteiger partial charge on any atom is -0.475 e. The average Bonchev–Trinajstić information content (AvgIpc) is 3.03. The van der Waals surface area contributed by atoms with Gasteiger partial charge in [0.1, 0.15) is 0 Å². The van der Waals surface area contributed by atoms with Crippen molar-refractivity contribution in [3.63, 3.8) is 0 Å². The van der Waals surface area contributed by atoms with Crippen LogP contribution in [0.3, 0.4) is 0 Å². The zero-order chi connectivity index (χ0) is 13.2. The molecule has 1 aromatic heterocycles. The third kappa shape index (κ3) is 2.53. The van der Waals surface area contributed by atoms with Crippen LogP contribution in [-0.4, -0.2) is 41.1 Å². The fourth-order valence-corrected chi connectivity index (χ4v) is 3.39. The van der Waals surface area contributed by atoms with Crippen LogP contribution < -0.4 is 5.32 Å². The molecular formula is C14H20N2O3. The van der Waals surface area contributed by atoms with Crippen molar-refractivity contribution in [3.05, 3.63) is 23.7 Å². The average molecular weight is 264 g/mol. The minimum atomic E-state index is -0.993. The van der Waals surface area contributed by atoms with Gasteiger partial charge in [-0.15, -0.1) is 0 Å². The fourth-order valence-electron chi connectivity index (χ4n) is 3.39. The second-order valence-electron chi connectivity index (χ2n) is 5.46. The first-order valence-electron chi connectivity index (χ1n) is 7.03. The monoisotopic (exact) mass is 264 g/mol. The highest BCUT2D eigenvalue weighted by Gasteiger charge is 2.35. The number of hydrogen-bond acceptors (Lipinski definition) is 4. The molecule has 2 unspecified atom stereocenters. The SMILES string of the molecule is O=C(O)c1occc1CNC1CCN2CCCCC12. The van der Waals surface area contributed by atoms with Gasteiger partial charge in [0.15, 0.2) is 0 Å². The smallest absolute Gasteiger partial charge is 0.372 e. The Morgan fingerprint density at radius 3 is 3.16 bits per heavy atom. The summed E-state index contributed by atoms with van der Waals surface area (Å²) in [7, 11) is 0. The largest absolute Gasteiger partial charge is 0.475 e. The highest BCUT2D eigenvalue weighted by molar-refractivity contribution is 5.86. The topological polar surface area (TPSA) is 65.7 Å². The van der Waals surface area contributed by atoms with Crippen LogP contribution in [0.25, 0.3) is 0 Å². The van der Waals surface area contributed by atoms with Crippen LogP contribution in [0.1, 0.15) is 41.8 Å². The third-order valence-electron chi connectivity index (χ3n) is 4.35. The van der Waals surface area contributed by atoms with Crippen LogP contribution in [0, 0.1) is 0 Å². The van der Waals surface area contributed by atoms with Gasteiger partial charge in [-0.25, -0.2) is 4.79 Å². The van der Waals surface area contributed by atoms with Gasteiger partial charge in [0.05, 0.1) is 6.26 Å². The number of carbonyl (C=O) groups is 1. The van der Waals surface area contributed by atoms with E-state index in [2.05, 4.69) is 10.2 Å². The van der Waals surface area contributed by atoms with Crippen LogP contribution in [0.4, 0.5) is 0 Å². The normalized spacial score (nSPS) is 27.4. The lowest BCUT2D eigenvalue weighted by molar-refractivity contribution is 0.0660. The zero-order valence-electron chi connectivity index (χ0n) is 11.0. The Morgan fingerprint density at radius 2 is 2.32 bits per heavy atom. The summed E-state index contributed by atoms with van der Waals surface area (Å²) in [5, 5.41) is 12.5. The quantitative estimate of drug-likeness (QED) is 0.866. The molecule has 5 heteroatoms. The van der Waals surface area contributed by atoms with E-state index in [9.17, 15) is 4.79 Å². The Labute approximate surface area is 112 Å². The van der Waals surface area contributed by atoms with Crippen molar-refractivity contribution in [2.24, 2.45) is 0 Å². The van der Waals surface area contributed by atoms with Gasteiger partial charge in [-0.05, 0) is 31.9 Å². The van der Waals surface area contributed by atoms with E-state index in [0.29, 0.717) is 18.6 Å². The van der Waals surface area contributed by atoms with E-state index in [4.69, 9.17) is 9.52 Å². The number of furan rings is 1. The summed E-state index contributed by atoms with van der Waals surface area (Å²) in [6.45, 7) is 2.96. The Balaban J connectivity index is 1.60. The third-order valence-corrected chi connectivity index (χ3v) is 4.35. The van der Waals surface area contributed by atoms with Gasteiger partial charge in [0.25, 0.3) is 0 Å². The summed E-state index contributed by atoms with van der Waals surface area (Å²) in [6.07, 6.45) is 6.49. The molecule has 2 N–H and O–H groups in total. The van der Waals surface area contributed by atoms with Gasteiger partial charge in [-0.2, -0.15) is 0 Å². The molecule has 0 aliphatic carbocycles. The molecule has 2 aliphatic heterocycles. The van der Waals surface area contributed by atoms with Gasteiger partial charge in [0.2, 0.25) is 5.76 Å². The molecular weight excluding hydrogens is 244 g/mol. The summed E-state index contributed by atoms with van der Waals surface area (Å²) in [5.74, 6) is -0.932. The van der Waals surface area contributed by atoms with E-state index in [1.54, 1.807) is 6.07 Å². The maximum Gasteiger partial charge on any atom is 0.372 e. The van der Waals surface area contributed by atoms with Crippen molar-refractivity contribution in [1.29, 1.82) is 0 Å². The van der Waals surface area contributed by atoms with E-state index >= 15 is 0 Å². The van der Waals surface area contributed by atoms with Gasteiger partial charge in [0, 0.05) is 30.7 Å². The number of nitrogens with one attached hydrogen (secondary N) is 1. The Hall–Kier alpha value is -1.33. The van der Waals surface area contributed by atoms with Crippen LogP contribution in [0.2, 0.25) is 0 Å². The van der Waals surface area contributed by atoms with Crippen molar-refractivity contribution in [3.8, 4) is 0 Å². The summed E-state index contributed by atoms with van der Waals surface area (Å²) in [5.41, 5.74) is 0.738. The second kappa shape index (κ2) is 5.35. The molecule has 2 saturated heterocycles. The second-order valence-corrected chi connectivity index (χ2v) is 5.46. The molecule has 1 aromatic rings. The van der Waals surface area contributed by atoms with E-state index in [0.717, 1.165) is 12.0 Å². The first-order chi connectivity index (χ1) is 9.25. The van der Waals surface area contributed by atoms with Crippen molar-refractivity contribution >= 4 is 5.97 Å². The lowest BCUT2D eigenvalue weighted by Crippen LogP contribution is -2.44. The number of hydrogen-bond donors (Lipinski definition) is 2. The standard InChI is InChI=1S/C14H20N2O3/c17-14(18)13-10(5-8-19-13)9-15-11-4-7-16-6-2-1-3-12(11)16/h5,8,11-12,15H,1-4,6-7,9H2,(H,17,18). The Morgan fingerprint density at radius 1 is 1.42 bits per heavy atom. The summed E-state index contributed by atoms with van der Waals surface area (Å²) < 4.78 is 5.00. The van der Waals surface area contributed by atoms with Crippen LogP contribution in [-0.2, 0) is 6.54 Å². The molecule has 104 valence electrons. The van der Waals surface area contributed by atoms with Crippen LogP contribution >= 0.6 is 0 Å². The molecule has 0 aromatic carbocycles. The van der Waals surface area contributed by atoms with Crippen molar-refractivity contribution < 1.29 is 14.3 Å². The number of nitrogens with zero attached hydrogens (tertiary/aromatic N) is 1. The van der Waals surface area contributed by atoms with Gasteiger partial charge < -0.3 is 14.8 Å². The minimum absolute atomic E-state index is 0.0611. The first kappa shape index (κ1) is 12.7. The fraction of sp³-hybridized carbons (Fsp3) is 0.643. The highest BCUT2D eigenvalue weighted by Crippen LogP contribution is 2.27. The predicted octanol–water partition coefficient (Wildman–Crippen LogP) is 1.69. The molecule has 3 rings (SSSR count). The summed E-state index contributed by atoms with van der Waals surface area (Å²) in [4.78, 5) is 13.5. The molecule has 5 nitrogen and oxygen atoms in total. The number of aromatic carboxylic acids is 1. The summed E-state index contributed by atoms with van der Waals surface area (Å²) in [6, 6.07) is 2.86. The Bertz CT molecular complexity index is 457. The number of piperidine rings is 1. The number of carboxylic acids is 1. The van der Waals surface area contributed by atoms with E-state index in [-0.39, 0.29) is 5.76 Å². The van der Waals surface area contributed by atoms with E-state index in [1.165, 1.54) is 38.6 Å². The molecule has 0 amide bonds. The maximum atomic E-state index is 11.0. The van der Waals surface area contributed by atoms with Crippen molar-refractivity contribution in [2.45, 2.75) is 44.3 Å². The lowest BCUT2D eigenvalue weighted by Gasteiger charge is -2.32. The molecule has 0 saturated carbocycles. The number of carboxylic acid groups (broad SMARTS) is 1. The number of rotatable bonds is 4. The molecule has 2 fully saturated rings. The van der Waals surface area contributed by atoms with Crippen LogP contribution in [0.5, 0.6) is 0 Å². The number of fused-ring (bicyclic) bond motifs is 1. The molecule has 3 heterocycles. The van der Waals surface area contributed by atoms with Crippen LogP contribution in [0.15, 0.2) is 16.7 Å². The van der Waals surface area contributed by atoms with E-state index < -0.39 is 5.97 Å². The van der Waals surface area contributed by atoms with Crippen molar-refractivity contribution in [2.75, 3.05) is 13.1 Å². The molecule has 0 bridgehead atoms. The van der Waals surface area contributed by atoms with Crippen molar-refractivity contribution in [1.82, 2.24) is 10.2 Å². The lowest BCUT2D eigenvalue weighted by atomic mass is 9.99. The predicted molar refractivity (Wildman–Crippen MR) is 70.1 cm³/mol. The molecule has 0 radical (unpaired) electrons. The highest BCUT2D eigenvalue weighted by atomic mass is 16.4. The van der Waals surface area contributed by atoms with Gasteiger partial charge in [-0.1, -0.05) is 6.42 Å². The molecule has 2 aliphatic rings. The van der Waals surface area contributed by atoms with Gasteiger partial charge >= 0.3 is 5.97 Å². The molecule has 2 atom stereocenters. The Kier molecular flexibility index (Phi) is 3.57. The maximum absolute atomic E-state index is 11.0. The van der Waals surface area contributed by atoms with E-state index in [1.807, 2.05) is 0 Å². The summed E-state index contributed by atoms with van der Waals surface area (Å²) >= 11 is 0. The molecule has 0 spiro atoms.